The molecule has 66 valence electrons. The molecule has 0 saturated heterocycles. The Morgan fingerprint density at radius 3 is 2.67 bits per heavy atom. The van der Waals surface area contributed by atoms with Gasteiger partial charge in [-0.2, -0.15) is 0 Å². The minimum Gasteiger partial charge on any atom is -0.299 e. The van der Waals surface area contributed by atoms with Crippen molar-refractivity contribution in [2.75, 3.05) is 0 Å². The van der Waals surface area contributed by atoms with Gasteiger partial charge in [0.25, 0.3) is 0 Å². The van der Waals surface area contributed by atoms with Crippen molar-refractivity contribution in [3.05, 3.63) is 12.3 Å². The highest BCUT2D eigenvalue weighted by Crippen LogP contribution is 2.18. The van der Waals surface area contributed by atoms with Crippen molar-refractivity contribution < 1.29 is 4.79 Å². The maximum Gasteiger partial charge on any atom is 0.143 e. The zero-order chi connectivity index (χ0) is 9.19. The maximum atomic E-state index is 11.5. The zero-order valence-corrected chi connectivity index (χ0v) is 7.92. The summed E-state index contributed by atoms with van der Waals surface area (Å²) < 4.78 is 0. The second kappa shape index (κ2) is 3.21. The lowest BCUT2D eigenvalue weighted by Crippen LogP contribution is -2.22. The van der Waals surface area contributed by atoms with Crippen molar-refractivity contribution in [2.24, 2.45) is 10.4 Å². The van der Waals surface area contributed by atoms with Gasteiger partial charge in [0, 0.05) is 30.2 Å². The van der Waals surface area contributed by atoms with Gasteiger partial charge >= 0.3 is 0 Å². The van der Waals surface area contributed by atoms with Gasteiger partial charge in [0.2, 0.25) is 0 Å². The van der Waals surface area contributed by atoms with Crippen molar-refractivity contribution >= 4 is 11.5 Å². The van der Waals surface area contributed by atoms with Crippen LogP contribution in [0, 0.1) is 5.41 Å². The predicted octanol–water partition coefficient (Wildman–Crippen LogP) is 2.35. The van der Waals surface area contributed by atoms with E-state index in [9.17, 15) is 4.79 Å². The molecule has 0 saturated carbocycles. The molecule has 0 unspecified atom stereocenters. The minimum absolute atomic E-state index is 0.231. The van der Waals surface area contributed by atoms with Gasteiger partial charge in [0.15, 0.2) is 0 Å². The van der Waals surface area contributed by atoms with Gasteiger partial charge in [-0.25, -0.2) is 0 Å². The van der Waals surface area contributed by atoms with Crippen molar-refractivity contribution in [1.29, 1.82) is 0 Å². The van der Waals surface area contributed by atoms with E-state index < -0.39 is 0 Å². The van der Waals surface area contributed by atoms with Crippen LogP contribution >= 0.6 is 0 Å². The van der Waals surface area contributed by atoms with E-state index in [2.05, 4.69) is 4.99 Å². The first kappa shape index (κ1) is 9.17. The lowest BCUT2D eigenvalue weighted by Gasteiger charge is -2.15. The Hall–Kier alpha value is -0.920. The first-order valence-corrected chi connectivity index (χ1v) is 4.24. The summed E-state index contributed by atoms with van der Waals surface area (Å²) in [6.07, 6.45) is 5.11. The van der Waals surface area contributed by atoms with E-state index in [1.165, 1.54) is 0 Å². The van der Waals surface area contributed by atoms with Crippen molar-refractivity contribution in [2.45, 2.75) is 33.6 Å². The topological polar surface area (TPSA) is 29.4 Å². The largest absolute Gasteiger partial charge is 0.299 e. The summed E-state index contributed by atoms with van der Waals surface area (Å²) in [4.78, 5) is 15.6. The molecule has 0 aromatic carbocycles. The molecule has 0 fully saturated rings. The number of rotatable bonds is 2. The second-order valence-electron chi connectivity index (χ2n) is 4.13. The van der Waals surface area contributed by atoms with E-state index in [-0.39, 0.29) is 11.2 Å². The van der Waals surface area contributed by atoms with Gasteiger partial charge < -0.3 is 0 Å². The molecule has 2 heteroatoms. The summed E-state index contributed by atoms with van der Waals surface area (Å²) in [7, 11) is 0. The van der Waals surface area contributed by atoms with Crippen LogP contribution in [0.1, 0.15) is 33.6 Å². The highest BCUT2D eigenvalue weighted by atomic mass is 16.1. The van der Waals surface area contributed by atoms with Crippen LogP contribution in [-0.2, 0) is 4.79 Å². The quantitative estimate of drug-likeness (QED) is 0.617. The Morgan fingerprint density at radius 1 is 1.58 bits per heavy atom. The molecule has 1 aliphatic heterocycles. The third kappa shape index (κ3) is 2.29. The monoisotopic (exact) mass is 165 g/mol. The van der Waals surface area contributed by atoms with Crippen LogP contribution in [0.25, 0.3) is 0 Å². The molecule has 0 aliphatic carbocycles. The maximum absolute atomic E-state index is 11.5. The molecule has 0 atom stereocenters. The zero-order valence-electron chi connectivity index (χ0n) is 7.92. The third-order valence-electron chi connectivity index (χ3n) is 1.92. The van der Waals surface area contributed by atoms with Gasteiger partial charge in [0.05, 0.1) is 0 Å². The number of nitrogens with zero attached hydrogens (tertiary/aromatic N) is 1. The fourth-order valence-electron chi connectivity index (χ4n) is 0.968. The number of aliphatic imine (C=N–C) groups is 1. The Kier molecular flexibility index (Phi) is 2.46. The van der Waals surface area contributed by atoms with E-state index in [1.54, 1.807) is 6.20 Å². The molecule has 0 aromatic rings. The number of hydrogen-bond donors (Lipinski definition) is 0. The average molecular weight is 165 g/mol. The Labute approximate surface area is 73.4 Å². The van der Waals surface area contributed by atoms with Crippen LogP contribution in [-0.4, -0.2) is 11.5 Å². The molecule has 1 rings (SSSR count). The Balaban J connectivity index is 2.48. The Morgan fingerprint density at radius 2 is 2.25 bits per heavy atom. The number of Topliss-reactive ketones (excluding diaryl/α,β-unsaturated/α-hetero) is 1. The number of ketones is 1. The van der Waals surface area contributed by atoms with E-state index in [0.717, 1.165) is 12.1 Å². The molecule has 0 amide bonds. The van der Waals surface area contributed by atoms with Crippen LogP contribution in [0.3, 0.4) is 0 Å². The van der Waals surface area contributed by atoms with Crippen LogP contribution in [0.2, 0.25) is 0 Å². The normalized spacial score (nSPS) is 16.4. The molecule has 0 aromatic heterocycles. The van der Waals surface area contributed by atoms with Crippen molar-refractivity contribution in [3.8, 4) is 0 Å². The lowest BCUT2D eigenvalue weighted by atomic mass is 9.87. The number of carbonyl (C=O) groups is 1. The van der Waals surface area contributed by atoms with Crippen molar-refractivity contribution in [1.82, 2.24) is 0 Å². The molecular formula is C10H15NO. The molecule has 12 heavy (non-hydrogen) atoms. The van der Waals surface area contributed by atoms with Crippen LogP contribution in [0.15, 0.2) is 17.3 Å². The molecular weight excluding hydrogens is 150 g/mol. The first-order valence-electron chi connectivity index (χ1n) is 4.24. The van der Waals surface area contributed by atoms with Gasteiger partial charge in [-0.05, 0) is 0 Å². The van der Waals surface area contributed by atoms with Crippen LogP contribution in [0.4, 0.5) is 0 Å². The number of carbonyl (C=O) groups excluding carboxylic acids is 1. The van der Waals surface area contributed by atoms with Crippen molar-refractivity contribution in [3.63, 3.8) is 0 Å². The number of hydrogen-bond acceptors (Lipinski definition) is 2. The minimum atomic E-state index is -0.231. The fraction of sp³-hybridized carbons (Fsp3) is 0.600. The molecule has 0 N–H and O–H groups in total. The lowest BCUT2D eigenvalue weighted by molar-refractivity contribution is -0.125. The highest BCUT2D eigenvalue weighted by molar-refractivity contribution is 6.05. The summed E-state index contributed by atoms with van der Waals surface area (Å²) in [6.45, 7) is 5.83. The number of allylic oxidation sites excluding steroid dienone is 1. The standard InChI is InChI=1S/C10H15NO/c1-10(2,3)9(12)7-8-5-4-6-11-8/h4,6H,5,7H2,1-3H3. The van der Waals surface area contributed by atoms with Gasteiger partial charge in [-0.15, -0.1) is 0 Å². The van der Waals surface area contributed by atoms with E-state index in [0.29, 0.717) is 6.42 Å². The summed E-state index contributed by atoms with van der Waals surface area (Å²) in [5.41, 5.74) is 0.764. The van der Waals surface area contributed by atoms with E-state index >= 15 is 0 Å². The highest BCUT2D eigenvalue weighted by Gasteiger charge is 2.22. The molecule has 1 aliphatic rings. The van der Waals surface area contributed by atoms with Gasteiger partial charge in [-0.1, -0.05) is 26.8 Å². The summed E-state index contributed by atoms with van der Waals surface area (Å²) in [5, 5.41) is 0. The van der Waals surface area contributed by atoms with Gasteiger partial charge in [-0.3, -0.25) is 9.79 Å². The summed E-state index contributed by atoms with van der Waals surface area (Å²) in [5.74, 6) is 0.268. The Bertz CT molecular complexity index is 243. The van der Waals surface area contributed by atoms with Crippen LogP contribution < -0.4 is 0 Å². The first-order chi connectivity index (χ1) is 5.50. The molecule has 0 spiro atoms. The molecule has 0 radical (unpaired) electrons. The SMILES string of the molecule is CC(C)(C)C(=O)CC1=NC=CC1. The fourth-order valence-corrected chi connectivity index (χ4v) is 0.968. The van der Waals surface area contributed by atoms with E-state index in [4.69, 9.17) is 0 Å². The second-order valence-corrected chi connectivity index (χ2v) is 4.13. The third-order valence-corrected chi connectivity index (χ3v) is 1.92. The molecule has 1 heterocycles. The van der Waals surface area contributed by atoms with Crippen LogP contribution in [0.5, 0.6) is 0 Å². The van der Waals surface area contributed by atoms with Gasteiger partial charge in [0.1, 0.15) is 5.78 Å². The van der Waals surface area contributed by atoms with E-state index in [1.807, 2.05) is 26.8 Å². The molecule has 0 bridgehead atoms. The smallest absolute Gasteiger partial charge is 0.143 e. The summed E-state index contributed by atoms with van der Waals surface area (Å²) >= 11 is 0. The predicted molar refractivity (Wildman–Crippen MR) is 50.3 cm³/mol. The average Bonchev–Trinajstić information content (AvgIpc) is 2.37. The summed E-state index contributed by atoms with van der Waals surface area (Å²) in [6, 6.07) is 0. The molecule has 2 nitrogen and oxygen atoms in total.